The number of fused-ring (bicyclic) bond motifs is 1. The normalized spacial score (nSPS) is 12.9. The Kier molecular flexibility index (Phi) is 4.59. The maximum absolute atomic E-state index is 13.4. The van der Waals surface area contributed by atoms with Gasteiger partial charge in [0.15, 0.2) is 5.75 Å². The third-order valence-corrected chi connectivity index (χ3v) is 5.72. The van der Waals surface area contributed by atoms with Crippen LogP contribution in [0.15, 0.2) is 18.5 Å². The molecular weight excluding hydrogens is 333 g/mol. The molecule has 3 aromatic heterocycles. The van der Waals surface area contributed by atoms with Crippen molar-refractivity contribution in [3.05, 3.63) is 30.0 Å². The molecule has 0 saturated carbocycles. The van der Waals surface area contributed by atoms with E-state index in [4.69, 9.17) is 0 Å². The molecule has 0 spiro atoms. The molecule has 23 heavy (non-hydrogen) atoms. The molecule has 0 aliphatic rings. The average Bonchev–Trinajstić information content (AvgIpc) is 3.06. The van der Waals surface area contributed by atoms with E-state index < -0.39 is 0 Å². The molecule has 7 heteroatoms. The van der Waals surface area contributed by atoms with Crippen LogP contribution in [0, 0.1) is 5.82 Å². The Balaban J connectivity index is 2.14. The number of aryl methyl sites for hydroxylation is 1. The Hall–Kier alpha value is -1.60. The zero-order valence-electron chi connectivity index (χ0n) is 13.2. The Morgan fingerprint density at radius 3 is 2.87 bits per heavy atom. The van der Waals surface area contributed by atoms with Gasteiger partial charge in [0.25, 0.3) is 0 Å². The number of nitrogens with zero attached hydrogens (tertiary/aromatic N) is 3. The predicted octanol–water partition coefficient (Wildman–Crippen LogP) is 4.49. The van der Waals surface area contributed by atoms with Crippen LogP contribution in [-0.2, 0) is 6.54 Å². The molecule has 4 nitrogen and oxygen atoms in total. The lowest BCUT2D eigenvalue weighted by atomic mass is 10.1. The molecule has 0 saturated heterocycles. The van der Waals surface area contributed by atoms with Crippen LogP contribution < -0.4 is 0 Å². The highest BCUT2D eigenvalue weighted by atomic mass is 32.2. The lowest BCUT2D eigenvalue weighted by Crippen LogP contribution is -2.06. The van der Waals surface area contributed by atoms with Crippen molar-refractivity contribution in [2.45, 2.75) is 26.3 Å². The van der Waals surface area contributed by atoms with Crippen molar-refractivity contribution < 1.29 is 9.50 Å². The minimum atomic E-state index is -0.390. The third kappa shape index (κ3) is 2.83. The van der Waals surface area contributed by atoms with Crippen LogP contribution in [0.1, 0.15) is 25.5 Å². The first-order valence-corrected chi connectivity index (χ1v) is 9.59. The van der Waals surface area contributed by atoms with E-state index >= 15 is 0 Å². The number of aromatic nitrogens is 3. The molecule has 0 aromatic carbocycles. The van der Waals surface area contributed by atoms with Gasteiger partial charge in [-0.1, -0.05) is 18.3 Å². The van der Waals surface area contributed by atoms with E-state index in [1.165, 1.54) is 23.6 Å². The first-order valence-electron chi connectivity index (χ1n) is 7.38. The average molecular weight is 351 g/mol. The maximum Gasteiger partial charge on any atom is 0.164 e. The summed E-state index contributed by atoms with van der Waals surface area (Å²) in [5, 5.41) is 11.3. The minimum absolute atomic E-state index is 0.241. The summed E-state index contributed by atoms with van der Waals surface area (Å²) in [6.45, 7) is 4.92. The fourth-order valence-corrected chi connectivity index (χ4v) is 4.59. The molecule has 1 N–H and O–H groups in total. The van der Waals surface area contributed by atoms with Gasteiger partial charge in [0, 0.05) is 30.0 Å². The molecule has 0 fully saturated rings. The van der Waals surface area contributed by atoms with Gasteiger partial charge < -0.3 is 9.67 Å². The molecule has 3 rings (SSSR count). The van der Waals surface area contributed by atoms with Gasteiger partial charge in [0.2, 0.25) is 0 Å². The highest BCUT2D eigenvalue weighted by molar-refractivity contribution is 7.98. The number of thioether (sulfide) groups is 1. The number of halogens is 1. The quantitative estimate of drug-likeness (QED) is 0.736. The van der Waals surface area contributed by atoms with Crippen molar-refractivity contribution in [2.24, 2.45) is 0 Å². The van der Waals surface area contributed by atoms with Crippen molar-refractivity contribution >= 4 is 33.4 Å². The van der Waals surface area contributed by atoms with Crippen molar-refractivity contribution in [3.8, 4) is 16.3 Å². The number of rotatable bonds is 5. The van der Waals surface area contributed by atoms with Gasteiger partial charge in [0.1, 0.15) is 21.2 Å². The minimum Gasteiger partial charge on any atom is -0.504 e. The van der Waals surface area contributed by atoms with Crippen molar-refractivity contribution in [1.82, 2.24) is 14.5 Å². The number of aromatic hydroxyl groups is 1. The Labute approximate surface area is 142 Å². The second kappa shape index (κ2) is 6.49. The van der Waals surface area contributed by atoms with Gasteiger partial charge in [-0.3, -0.25) is 4.98 Å². The smallest absolute Gasteiger partial charge is 0.164 e. The molecule has 0 bridgehead atoms. The van der Waals surface area contributed by atoms with Gasteiger partial charge in [-0.2, -0.15) is 11.8 Å². The zero-order valence-corrected chi connectivity index (χ0v) is 14.8. The van der Waals surface area contributed by atoms with Crippen molar-refractivity contribution in [2.75, 3.05) is 12.0 Å². The molecule has 0 radical (unpaired) electrons. The summed E-state index contributed by atoms with van der Waals surface area (Å²) in [6, 6.07) is 1.41. The molecule has 3 heterocycles. The van der Waals surface area contributed by atoms with E-state index in [9.17, 15) is 9.50 Å². The topological polar surface area (TPSA) is 50.9 Å². The summed E-state index contributed by atoms with van der Waals surface area (Å²) in [7, 11) is 0. The molecule has 1 unspecified atom stereocenters. The van der Waals surface area contributed by atoms with Crippen LogP contribution in [0.2, 0.25) is 0 Å². The standard InChI is InChI=1S/C16H18FN3OS2/c1-4-20-13(9(2)8-22-3)14(21)12-16(20)23-15(19-12)10-5-11(17)7-18-6-10/h5-7,9,21H,4,8H2,1-3H3. The molecule has 1 atom stereocenters. The van der Waals surface area contributed by atoms with E-state index in [1.54, 1.807) is 18.0 Å². The van der Waals surface area contributed by atoms with Crippen LogP contribution in [-0.4, -0.2) is 31.7 Å². The molecule has 122 valence electrons. The van der Waals surface area contributed by atoms with Gasteiger partial charge in [-0.05, 0) is 19.2 Å². The van der Waals surface area contributed by atoms with Gasteiger partial charge >= 0.3 is 0 Å². The van der Waals surface area contributed by atoms with E-state index in [0.29, 0.717) is 16.1 Å². The molecule has 0 aliphatic carbocycles. The van der Waals surface area contributed by atoms with E-state index in [-0.39, 0.29) is 17.5 Å². The maximum atomic E-state index is 13.4. The first-order chi connectivity index (χ1) is 11.1. The number of hydrogen-bond donors (Lipinski definition) is 1. The lowest BCUT2D eigenvalue weighted by molar-refractivity contribution is 0.463. The third-order valence-electron chi connectivity index (χ3n) is 3.76. The van der Waals surface area contributed by atoms with Crippen LogP contribution in [0.5, 0.6) is 5.75 Å². The largest absolute Gasteiger partial charge is 0.504 e. The SMILES string of the molecule is CCn1c(C(C)CSC)c(O)c2nc(-c3cncc(F)c3)sc21. The summed E-state index contributed by atoms with van der Waals surface area (Å²) in [5.74, 6) is 1.03. The molecular formula is C16H18FN3OS2. The number of hydrogen-bond acceptors (Lipinski definition) is 5. The molecule has 0 amide bonds. The second-order valence-corrected chi connectivity index (χ2v) is 7.29. The highest BCUT2D eigenvalue weighted by Crippen LogP contribution is 2.42. The summed E-state index contributed by atoms with van der Waals surface area (Å²) in [4.78, 5) is 9.32. The van der Waals surface area contributed by atoms with Crippen LogP contribution in [0.3, 0.4) is 0 Å². The Morgan fingerprint density at radius 2 is 2.22 bits per heavy atom. The van der Waals surface area contributed by atoms with E-state index in [2.05, 4.69) is 34.6 Å². The summed E-state index contributed by atoms with van der Waals surface area (Å²) >= 11 is 3.21. The fourth-order valence-electron chi connectivity index (χ4n) is 2.80. The predicted molar refractivity (Wildman–Crippen MR) is 94.9 cm³/mol. The van der Waals surface area contributed by atoms with Crippen molar-refractivity contribution in [1.29, 1.82) is 0 Å². The summed E-state index contributed by atoms with van der Waals surface area (Å²) in [5.41, 5.74) is 2.16. The fraction of sp³-hybridized carbons (Fsp3) is 0.375. The van der Waals surface area contributed by atoms with Gasteiger partial charge in [0.05, 0.1) is 11.9 Å². The lowest BCUT2D eigenvalue weighted by Gasteiger charge is -2.14. The molecule has 0 aliphatic heterocycles. The molecule has 3 aromatic rings. The Bertz CT molecular complexity index is 843. The number of thiazole rings is 1. The highest BCUT2D eigenvalue weighted by Gasteiger charge is 2.24. The number of pyridine rings is 1. The zero-order chi connectivity index (χ0) is 16.6. The second-order valence-electron chi connectivity index (χ2n) is 5.40. The van der Waals surface area contributed by atoms with Crippen LogP contribution in [0.25, 0.3) is 20.9 Å². The first kappa shape index (κ1) is 16.3. The summed E-state index contributed by atoms with van der Waals surface area (Å²) < 4.78 is 15.5. The summed E-state index contributed by atoms with van der Waals surface area (Å²) in [6.07, 6.45) is 4.82. The Morgan fingerprint density at radius 1 is 1.43 bits per heavy atom. The van der Waals surface area contributed by atoms with Crippen molar-refractivity contribution in [3.63, 3.8) is 0 Å². The van der Waals surface area contributed by atoms with E-state index in [1.807, 2.05) is 0 Å². The van der Waals surface area contributed by atoms with Gasteiger partial charge in [-0.25, -0.2) is 9.37 Å². The van der Waals surface area contributed by atoms with Crippen LogP contribution >= 0.6 is 23.1 Å². The van der Waals surface area contributed by atoms with Gasteiger partial charge in [-0.15, -0.1) is 0 Å². The monoisotopic (exact) mass is 351 g/mol. The van der Waals surface area contributed by atoms with E-state index in [0.717, 1.165) is 22.8 Å². The van der Waals surface area contributed by atoms with Crippen LogP contribution in [0.4, 0.5) is 4.39 Å².